The molecule has 0 atom stereocenters. The smallest absolute Gasteiger partial charge is 0.310 e. The Morgan fingerprint density at radius 2 is 1.74 bits per heavy atom. The molecule has 2 aromatic carbocycles. The van der Waals surface area contributed by atoms with Gasteiger partial charge in [-0.05, 0) is 86.1 Å². The number of aromatic hydroxyl groups is 1. The lowest BCUT2D eigenvalue weighted by atomic mass is 9.79. The zero-order chi connectivity index (χ0) is 28.3. The molecule has 0 saturated heterocycles. The van der Waals surface area contributed by atoms with Crippen LogP contribution in [0.2, 0.25) is 0 Å². The lowest BCUT2D eigenvalue weighted by molar-refractivity contribution is -0.151. The molecule has 0 radical (unpaired) electrons. The summed E-state index contributed by atoms with van der Waals surface area (Å²) in [5, 5.41) is 21.8. The normalized spacial score (nSPS) is 11.5. The predicted molar refractivity (Wildman–Crippen MR) is 155 cm³/mol. The molecular formula is C32H38N2O5. The molecule has 0 bridgehead atoms. The molecular weight excluding hydrogens is 492 g/mol. The minimum atomic E-state index is -1.05. The maximum atomic E-state index is 12.6. The van der Waals surface area contributed by atoms with Crippen LogP contribution in [-0.2, 0) is 16.0 Å². The second kappa shape index (κ2) is 14.1. The fourth-order valence-electron chi connectivity index (χ4n) is 4.33. The Hall–Kier alpha value is -4.13. The van der Waals surface area contributed by atoms with Crippen molar-refractivity contribution in [1.82, 2.24) is 4.98 Å². The van der Waals surface area contributed by atoms with E-state index in [0.717, 1.165) is 36.1 Å². The average Bonchev–Trinajstić information content (AvgIpc) is 2.92. The van der Waals surface area contributed by atoms with Crippen LogP contribution in [0.1, 0.15) is 68.3 Å². The van der Waals surface area contributed by atoms with E-state index in [0.29, 0.717) is 31.0 Å². The van der Waals surface area contributed by atoms with Gasteiger partial charge in [-0.25, -0.2) is 4.98 Å². The summed E-state index contributed by atoms with van der Waals surface area (Å²) in [6.45, 7) is 6.15. The first-order chi connectivity index (χ1) is 18.7. The summed E-state index contributed by atoms with van der Waals surface area (Å²) in [4.78, 5) is 29.0. The number of ether oxygens (including phenoxy) is 1. The molecule has 0 unspecified atom stereocenters. The van der Waals surface area contributed by atoms with E-state index < -0.39 is 11.4 Å². The maximum absolute atomic E-state index is 12.6. The van der Waals surface area contributed by atoms with Gasteiger partial charge in [0.05, 0.1) is 17.7 Å². The van der Waals surface area contributed by atoms with E-state index in [-0.39, 0.29) is 18.1 Å². The topological polar surface area (TPSA) is 109 Å². The first-order valence-corrected chi connectivity index (χ1v) is 13.4. The number of carboxylic acid groups (broad SMARTS) is 1. The number of hydrogen-bond donors (Lipinski definition) is 3. The van der Waals surface area contributed by atoms with Gasteiger partial charge in [0.1, 0.15) is 5.75 Å². The number of aliphatic carboxylic acids is 1. The highest BCUT2D eigenvalue weighted by atomic mass is 16.5. The number of aryl methyl sites for hydroxylation is 2. The molecule has 3 aromatic rings. The number of anilines is 1. The number of aromatic nitrogens is 1. The number of nitrogens with one attached hydrogen (secondary N) is 1. The Morgan fingerprint density at radius 3 is 2.44 bits per heavy atom. The van der Waals surface area contributed by atoms with Crippen molar-refractivity contribution < 1.29 is 24.5 Å². The average molecular weight is 531 g/mol. The molecule has 3 N–H and O–H groups in total. The van der Waals surface area contributed by atoms with Crippen LogP contribution in [-0.4, -0.2) is 33.7 Å². The standard InChI is InChI=1S/C32H38N2O5/c1-4-32(5-2,31(37)38)22-29(36)33-26-11-8-10-25(21-26)15-18-28-23(3)12-19-30(34-28)39-20-7-6-9-24-13-16-27(35)17-14-24/h8,10-19,21,35H,4-7,9,20,22H2,1-3H3,(H,33,36)(H,37,38)/b18-15+. The zero-order valence-electron chi connectivity index (χ0n) is 22.9. The Labute approximate surface area is 230 Å². The van der Waals surface area contributed by atoms with Crippen molar-refractivity contribution in [1.29, 1.82) is 0 Å². The van der Waals surface area contributed by atoms with Crippen LogP contribution in [0.25, 0.3) is 12.2 Å². The first-order valence-electron chi connectivity index (χ1n) is 13.4. The number of pyridine rings is 1. The summed E-state index contributed by atoms with van der Waals surface area (Å²) < 4.78 is 5.87. The van der Waals surface area contributed by atoms with Crippen molar-refractivity contribution in [3.05, 3.63) is 83.0 Å². The van der Waals surface area contributed by atoms with Gasteiger partial charge in [-0.1, -0.05) is 50.3 Å². The van der Waals surface area contributed by atoms with E-state index in [1.54, 1.807) is 32.0 Å². The monoisotopic (exact) mass is 530 g/mol. The van der Waals surface area contributed by atoms with Gasteiger partial charge in [0, 0.05) is 18.2 Å². The van der Waals surface area contributed by atoms with Gasteiger partial charge in [-0.3, -0.25) is 9.59 Å². The molecule has 0 aliphatic carbocycles. The largest absolute Gasteiger partial charge is 0.508 e. The van der Waals surface area contributed by atoms with Crippen molar-refractivity contribution in [2.75, 3.05) is 11.9 Å². The highest BCUT2D eigenvalue weighted by molar-refractivity contribution is 5.94. The lowest BCUT2D eigenvalue weighted by Gasteiger charge is -2.25. The molecule has 0 aliphatic rings. The van der Waals surface area contributed by atoms with Gasteiger partial charge in [0.2, 0.25) is 11.8 Å². The quantitative estimate of drug-likeness (QED) is 0.196. The molecule has 0 spiro atoms. The summed E-state index contributed by atoms with van der Waals surface area (Å²) >= 11 is 0. The number of carboxylic acids is 1. The Bertz CT molecular complexity index is 1280. The molecule has 7 heteroatoms. The molecule has 39 heavy (non-hydrogen) atoms. The van der Waals surface area contributed by atoms with Gasteiger partial charge in [0.15, 0.2) is 0 Å². The molecule has 0 saturated carbocycles. The van der Waals surface area contributed by atoms with E-state index in [4.69, 9.17) is 4.74 Å². The number of amides is 1. The zero-order valence-corrected chi connectivity index (χ0v) is 22.9. The van der Waals surface area contributed by atoms with Crippen molar-refractivity contribution in [3.63, 3.8) is 0 Å². The molecule has 0 aliphatic heterocycles. The highest BCUT2D eigenvalue weighted by Gasteiger charge is 2.37. The number of carbonyl (C=O) groups excluding carboxylic acids is 1. The Balaban J connectivity index is 1.56. The third kappa shape index (κ3) is 8.70. The van der Waals surface area contributed by atoms with E-state index in [1.165, 1.54) is 5.56 Å². The molecule has 3 rings (SSSR count). The number of hydrogen-bond acceptors (Lipinski definition) is 5. The molecule has 1 aromatic heterocycles. The van der Waals surface area contributed by atoms with E-state index in [2.05, 4.69) is 10.3 Å². The Kier molecular flexibility index (Phi) is 10.7. The van der Waals surface area contributed by atoms with Crippen LogP contribution in [0.3, 0.4) is 0 Å². The third-order valence-corrected chi connectivity index (χ3v) is 7.07. The van der Waals surface area contributed by atoms with Crippen molar-refractivity contribution in [2.45, 2.75) is 59.3 Å². The summed E-state index contributed by atoms with van der Waals surface area (Å²) in [6.07, 6.45) is 7.35. The maximum Gasteiger partial charge on any atom is 0.310 e. The lowest BCUT2D eigenvalue weighted by Crippen LogP contribution is -2.34. The van der Waals surface area contributed by atoms with Crippen molar-refractivity contribution in [3.8, 4) is 11.6 Å². The van der Waals surface area contributed by atoms with Crippen molar-refractivity contribution >= 4 is 29.7 Å². The number of rotatable bonds is 14. The summed E-state index contributed by atoms with van der Waals surface area (Å²) in [6, 6.07) is 18.5. The fourth-order valence-corrected chi connectivity index (χ4v) is 4.33. The van der Waals surface area contributed by atoms with Gasteiger partial charge in [-0.2, -0.15) is 0 Å². The minimum absolute atomic E-state index is 0.0673. The third-order valence-electron chi connectivity index (χ3n) is 7.07. The molecule has 7 nitrogen and oxygen atoms in total. The fraction of sp³-hybridized carbons (Fsp3) is 0.344. The van der Waals surface area contributed by atoms with E-state index in [9.17, 15) is 19.8 Å². The van der Waals surface area contributed by atoms with E-state index >= 15 is 0 Å². The summed E-state index contributed by atoms with van der Waals surface area (Å²) in [5.41, 5.74) is 3.44. The number of unbranched alkanes of at least 4 members (excludes halogenated alkanes) is 1. The predicted octanol–water partition coefficient (Wildman–Crippen LogP) is 6.89. The highest BCUT2D eigenvalue weighted by Crippen LogP contribution is 2.31. The number of benzene rings is 2. The molecule has 1 amide bonds. The number of phenolic OH excluding ortho intramolecular Hbond substituents is 1. The molecule has 0 fully saturated rings. The molecule has 1 heterocycles. The van der Waals surface area contributed by atoms with Crippen LogP contribution in [0.4, 0.5) is 5.69 Å². The molecule has 206 valence electrons. The van der Waals surface area contributed by atoms with Crippen LogP contribution in [0.15, 0.2) is 60.7 Å². The van der Waals surface area contributed by atoms with Crippen LogP contribution in [0, 0.1) is 12.3 Å². The van der Waals surface area contributed by atoms with Crippen LogP contribution < -0.4 is 10.1 Å². The SMILES string of the molecule is CCC(CC)(CC(=O)Nc1cccc(/C=C/c2nc(OCCCCc3ccc(O)cc3)ccc2C)c1)C(=O)O. The second-order valence-corrected chi connectivity index (χ2v) is 9.80. The summed E-state index contributed by atoms with van der Waals surface area (Å²) in [7, 11) is 0. The van der Waals surface area contributed by atoms with E-state index in [1.807, 2.05) is 61.5 Å². The number of carbonyl (C=O) groups is 2. The Morgan fingerprint density at radius 1 is 1.00 bits per heavy atom. The van der Waals surface area contributed by atoms with Gasteiger partial charge in [-0.15, -0.1) is 0 Å². The number of nitrogens with zero attached hydrogens (tertiary/aromatic N) is 1. The minimum Gasteiger partial charge on any atom is -0.508 e. The van der Waals surface area contributed by atoms with Gasteiger partial charge < -0.3 is 20.3 Å². The van der Waals surface area contributed by atoms with Crippen LogP contribution in [0.5, 0.6) is 11.6 Å². The second-order valence-electron chi connectivity index (χ2n) is 9.80. The van der Waals surface area contributed by atoms with Gasteiger partial charge >= 0.3 is 5.97 Å². The van der Waals surface area contributed by atoms with Gasteiger partial charge in [0.25, 0.3) is 0 Å². The van der Waals surface area contributed by atoms with Crippen LogP contribution >= 0.6 is 0 Å². The van der Waals surface area contributed by atoms with Crippen molar-refractivity contribution in [2.24, 2.45) is 5.41 Å². The number of phenols is 1. The first kappa shape index (κ1) is 29.4. The summed E-state index contributed by atoms with van der Waals surface area (Å²) in [5.74, 6) is -0.408.